The summed E-state index contributed by atoms with van der Waals surface area (Å²) >= 11 is 0. The quantitative estimate of drug-likeness (QED) is 0.637. The van der Waals surface area contributed by atoms with E-state index in [1.165, 1.54) is 6.08 Å². The summed E-state index contributed by atoms with van der Waals surface area (Å²) in [6.07, 6.45) is 3.18. The molecule has 0 amide bonds. The monoisotopic (exact) mass is 281 g/mol. The Labute approximate surface area is 125 Å². The van der Waals surface area contributed by atoms with Gasteiger partial charge in [0.15, 0.2) is 5.78 Å². The van der Waals surface area contributed by atoms with Crippen LogP contribution in [0.5, 0.6) is 5.75 Å². The lowest BCUT2D eigenvalue weighted by molar-refractivity contribution is 0.104. The molecule has 0 unspecified atom stereocenters. The van der Waals surface area contributed by atoms with Crippen LogP contribution in [0.25, 0.3) is 0 Å². The fourth-order valence-corrected chi connectivity index (χ4v) is 1.84. The highest BCUT2D eigenvalue weighted by atomic mass is 16.5. The zero-order chi connectivity index (χ0) is 15.1. The molecule has 2 rings (SSSR count). The number of benzene rings is 2. The van der Waals surface area contributed by atoms with E-state index in [0.29, 0.717) is 12.2 Å². The molecule has 108 valence electrons. The molecule has 3 nitrogen and oxygen atoms in total. The maximum atomic E-state index is 11.9. The van der Waals surface area contributed by atoms with Crippen molar-refractivity contribution in [3.8, 4) is 5.75 Å². The first-order valence-electron chi connectivity index (χ1n) is 6.96. The highest BCUT2D eigenvalue weighted by Gasteiger charge is 2.00. The molecule has 21 heavy (non-hydrogen) atoms. The number of carbonyl (C=O) groups excluding carboxylic acids is 1. The van der Waals surface area contributed by atoms with Gasteiger partial charge in [0.2, 0.25) is 0 Å². The van der Waals surface area contributed by atoms with Gasteiger partial charge in [-0.1, -0.05) is 29.8 Å². The molecule has 0 aromatic heterocycles. The number of ketones is 1. The van der Waals surface area contributed by atoms with Crippen LogP contribution < -0.4 is 10.1 Å². The Morgan fingerprint density at radius 3 is 2.38 bits per heavy atom. The van der Waals surface area contributed by atoms with Crippen molar-refractivity contribution in [3.05, 3.63) is 71.9 Å². The summed E-state index contributed by atoms with van der Waals surface area (Å²) in [6, 6.07) is 15.1. The smallest absolute Gasteiger partial charge is 0.187 e. The lowest BCUT2D eigenvalue weighted by Crippen LogP contribution is -1.96. The maximum Gasteiger partial charge on any atom is 0.187 e. The minimum Gasteiger partial charge on any atom is -0.494 e. The Hall–Kier alpha value is -2.55. The summed E-state index contributed by atoms with van der Waals surface area (Å²) in [6.45, 7) is 4.60. The normalized spacial score (nSPS) is 10.6. The molecule has 0 saturated carbocycles. The average molecular weight is 281 g/mol. The van der Waals surface area contributed by atoms with Gasteiger partial charge in [0.25, 0.3) is 0 Å². The number of carbonyl (C=O) groups is 1. The van der Waals surface area contributed by atoms with Gasteiger partial charge in [0, 0.05) is 23.5 Å². The molecule has 0 spiro atoms. The van der Waals surface area contributed by atoms with Crippen molar-refractivity contribution in [1.82, 2.24) is 0 Å². The second-order valence-corrected chi connectivity index (χ2v) is 4.67. The van der Waals surface area contributed by atoms with E-state index >= 15 is 0 Å². The molecular formula is C18H19NO2. The minimum absolute atomic E-state index is 0.0200. The number of nitrogens with one attached hydrogen (secondary N) is 1. The van der Waals surface area contributed by atoms with E-state index < -0.39 is 0 Å². The summed E-state index contributed by atoms with van der Waals surface area (Å²) in [5, 5.41) is 3.07. The molecule has 3 heteroatoms. The fourth-order valence-electron chi connectivity index (χ4n) is 1.84. The van der Waals surface area contributed by atoms with Crippen molar-refractivity contribution in [3.63, 3.8) is 0 Å². The SMILES string of the molecule is CCOc1ccc(N/C=C/C(=O)c2ccc(C)cc2)cc1. The fraction of sp³-hybridized carbons (Fsp3) is 0.167. The molecule has 2 aromatic carbocycles. The van der Waals surface area contributed by atoms with E-state index in [1.807, 2.05) is 62.4 Å². The molecular weight excluding hydrogens is 262 g/mol. The second-order valence-electron chi connectivity index (χ2n) is 4.67. The lowest BCUT2D eigenvalue weighted by atomic mass is 10.1. The van der Waals surface area contributed by atoms with Crippen LogP contribution in [0.4, 0.5) is 5.69 Å². The third-order valence-corrected chi connectivity index (χ3v) is 2.99. The van der Waals surface area contributed by atoms with Crippen molar-refractivity contribution >= 4 is 11.5 Å². The number of allylic oxidation sites excluding steroid dienone is 1. The van der Waals surface area contributed by atoms with Gasteiger partial charge in [0.05, 0.1) is 6.61 Å². The van der Waals surface area contributed by atoms with Gasteiger partial charge in [-0.25, -0.2) is 0 Å². The number of ether oxygens (including phenoxy) is 1. The molecule has 0 heterocycles. The molecule has 0 aliphatic rings. The van der Waals surface area contributed by atoms with Gasteiger partial charge in [-0.2, -0.15) is 0 Å². The van der Waals surface area contributed by atoms with E-state index in [0.717, 1.165) is 17.0 Å². The molecule has 0 saturated heterocycles. The molecule has 0 bridgehead atoms. The van der Waals surface area contributed by atoms with Crippen molar-refractivity contribution in [2.45, 2.75) is 13.8 Å². The molecule has 0 radical (unpaired) electrons. The van der Waals surface area contributed by atoms with Gasteiger partial charge in [-0.3, -0.25) is 4.79 Å². The number of anilines is 1. The predicted molar refractivity (Wildman–Crippen MR) is 85.9 cm³/mol. The number of aryl methyl sites for hydroxylation is 1. The zero-order valence-corrected chi connectivity index (χ0v) is 12.3. The van der Waals surface area contributed by atoms with E-state index in [1.54, 1.807) is 6.20 Å². The van der Waals surface area contributed by atoms with Crippen LogP contribution in [-0.4, -0.2) is 12.4 Å². The summed E-state index contributed by atoms with van der Waals surface area (Å²) in [5.41, 5.74) is 2.74. The van der Waals surface area contributed by atoms with Gasteiger partial charge < -0.3 is 10.1 Å². The van der Waals surface area contributed by atoms with Gasteiger partial charge in [-0.05, 0) is 38.1 Å². The van der Waals surface area contributed by atoms with E-state index in [4.69, 9.17) is 4.74 Å². The zero-order valence-electron chi connectivity index (χ0n) is 12.3. The largest absolute Gasteiger partial charge is 0.494 e. The van der Waals surface area contributed by atoms with Crippen LogP contribution in [0.3, 0.4) is 0 Å². The Morgan fingerprint density at radius 2 is 1.76 bits per heavy atom. The van der Waals surface area contributed by atoms with Crippen LogP contribution in [0.2, 0.25) is 0 Å². The van der Waals surface area contributed by atoms with Crippen molar-refractivity contribution in [2.24, 2.45) is 0 Å². The van der Waals surface area contributed by atoms with E-state index in [-0.39, 0.29) is 5.78 Å². The van der Waals surface area contributed by atoms with Gasteiger partial charge in [0.1, 0.15) is 5.75 Å². The Kier molecular flexibility index (Phi) is 5.16. The molecule has 2 aromatic rings. The van der Waals surface area contributed by atoms with Crippen LogP contribution in [-0.2, 0) is 0 Å². The predicted octanol–water partition coefficient (Wildman–Crippen LogP) is 4.20. The van der Waals surface area contributed by atoms with Crippen molar-refractivity contribution in [1.29, 1.82) is 0 Å². The van der Waals surface area contributed by atoms with Crippen molar-refractivity contribution < 1.29 is 9.53 Å². The Bertz CT molecular complexity index is 613. The molecule has 0 fully saturated rings. The van der Waals surface area contributed by atoms with Crippen LogP contribution in [0.15, 0.2) is 60.8 Å². The summed E-state index contributed by atoms with van der Waals surface area (Å²) in [5.74, 6) is 0.816. The number of hydrogen-bond acceptors (Lipinski definition) is 3. The summed E-state index contributed by atoms with van der Waals surface area (Å²) in [4.78, 5) is 11.9. The van der Waals surface area contributed by atoms with Crippen LogP contribution in [0, 0.1) is 6.92 Å². The topological polar surface area (TPSA) is 38.3 Å². The molecule has 0 atom stereocenters. The standard InChI is InChI=1S/C18H19NO2/c1-3-21-17-10-8-16(9-11-17)19-13-12-18(20)15-6-4-14(2)5-7-15/h4-13,19H,3H2,1-2H3/b13-12+. The number of hydrogen-bond donors (Lipinski definition) is 1. The lowest BCUT2D eigenvalue weighted by Gasteiger charge is -2.04. The summed E-state index contributed by atoms with van der Waals surface area (Å²) in [7, 11) is 0. The molecule has 1 N–H and O–H groups in total. The van der Waals surface area contributed by atoms with Crippen molar-refractivity contribution in [2.75, 3.05) is 11.9 Å². The third kappa shape index (κ3) is 4.49. The average Bonchev–Trinajstić information content (AvgIpc) is 2.50. The maximum absolute atomic E-state index is 11.9. The Morgan fingerprint density at radius 1 is 1.10 bits per heavy atom. The van der Waals surface area contributed by atoms with Gasteiger partial charge >= 0.3 is 0 Å². The minimum atomic E-state index is -0.0200. The van der Waals surface area contributed by atoms with E-state index in [9.17, 15) is 4.79 Å². The number of rotatable bonds is 6. The first kappa shape index (κ1) is 14.9. The highest BCUT2D eigenvalue weighted by molar-refractivity contribution is 6.04. The van der Waals surface area contributed by atoms with E-state index in [2.05, 4.69) is 5.32 Å². The van der Waals surface area contributed by atoms with Gasteiger partial charge in [-0.15, -0.1) is 0 Å². The molecule has 0 aliphatic heterocycles. The Balaban J connectivity index is 1.92. The first-order valence-corrected chi connectivity index (χ1v) is 6.96. The third-order valence-electron chi connectivity index (χ3n) is 2.99. The second kappa shape index (κ2) is 7.29. The summed E-state index contributed by atoms with van der Waals surface area (Å²) < 4.78 is 5.37. The highest BCUT2D eigenvalue weighted by Crippen LogP contribution is 2.15. The molecule has 0 aliphatic carbocycles. The van der Waals surface area contributed by atoms with Crippen LogP contribution in [0.1, 0.15) is 22.8 Å². The van der Waals surface area contributed by atoms with Crippen LogP contribution >= 0.6 is 0 Å². The first-order chi connectivity index (χ1) is 10.2.